The Balaban J connectivity index is 1.10. The molecule has 2 saturated heterocycles. The molecule has 10 heteroatoms. The van der Waals surface area contributed by atoms with Crippen molar-refractivity contribution in [2.75, 3.05) is 45.2 Å². The second-order valence-corrected chi connectivity index (χ2v) is 14.0. The van der Waals surface area contributed by atoms with Crippen LogP contribution in [0.2, 0.25) is 0 Å². The number of nitrogens with zero attached hydrogens (tertiary/aromatic N) is 4. The van der Waals surface area contributed by atoms with E-state index in [0.29, 0.717) is 35.8 Å². The second-order valence-electron chi connectivity index (χ2n) is 14.0. The maximum atomic E-state index is 13.7. The van der Waals surface area contributed by atoms with E-state index in [9.17, 15) is 18.8 Å². The summed E-state index contributed by atoms with van der Waals surface area (Å²) >= 11 is 0. The molecule has 3 fully saturated rings. The van der Waals surface area contributed by atoms with E-state index in [4.69, 9.17) is 0 Å². The number of aromatic nitrogens is 1. The summed E-state index contributed by atoms with van der Waals surface area (Å²) in [5.41, 5.74) is 3.95. The topological polar surface area (TPSA) is 97.9 Å². The molecule has 0 spiro atoms. The molecule has 0 bridgehead atoms. The van der Waals surface area contributed by atoms with Gasteiger partial charge in [0.05, 0.1) is 18.1 Å². The van der Waals surface area contributed by atoms with Crippen LogP contribution in [-0.4, -0.2) is 84.9 Å². The zero-order chi connectivity index (χ0) is 33.9. The highest BCUT2D eigenvalue weighted by Gasteiger charge is 2.38. The van der Waals surface area contributed by atoms with Gasteiger partial charge in [-0.2, -0.15) is 0 Å². The van der Waals surface area contributed by atoms with E-state index in [2.05, 4.69) is 69.9 Å². The van der Waals surface area contributed by atoms with E-state index in [1.165, 1.54) is 42.8 Å². The number of halogens is 1. The van der Waals surface area contributed by atoms with Gasteiger partial charge in [-0.1, -0.05) is 31.2 Å². The van der Waals surface area contributed by atoms with Crippen LogP contribution >= 0.6 is 0 Å². The Hall–Kier alpha value is -4.31. The smallest absolute Gasteiger partial charge is 0.270 e. The first-order valence-corrected chi connectivity index (χ1v) is 17.2. The van der Waals surface area contributed by atoms with Gasteiger partial charge < -0.3 is 25.3 Å². The fourth-order valence-corrected chi connectivity index (χ4v) is 6.97. The van der Waals surface area contributed by atoms with Crippen molar-refractivity contribution in [1.29, 1.82) is 0 Å². The van der Waals surface area contributed by atoms with Gasteiger partial charge in [0, 0.05) is 30.7 Å². The fraction of sp³-hybridized carbons (Fsp3) is 0.474. The summed E-state index contributed by atoms with van der Waals surface area (Å²) in [6, 6.07) is 13.4. The van der Waals surface area contributed by atoms with Gasteiger partial charge in [0.2, 0.25) is 11.8 Å². The number of carbonyl (C=O) groups is 3. The van der Waals surface area contributed by atoms with Crippen molar-refractivity contribution in [3.63, 3.8) is 0 Å². The second kappa shape index (κ2) is 14.4. The fourth-order valence-electron chi connectivity index (χ4n) is 6.97. The first-order chi connectivity index (χ1) is 23.0. The summed E-state index contributed by atoms with van der Waals surface area (Å²) in [5.74, 6) is -0.635. The summed E-state index contributed by atoms with van der Waals surface area (Å²) in [6.45, 7) is 6.41. The van der Waals surface area contributed by atoms with Crippen LogP contribution in [0.25, 0.3) is 17.0 Å². The van der Waals surface area contributed by atoms with Crippen molar-refractivity contribution >= 4 is 40.4 Å². The van der Waals surface area contributed by atoms with E-state index in [1.807, 2.05) is 13.8 Å². The molecule has 3 aliphatic rings. The molecule has 3 aromatic rings. The number of anilines is 1. The Morgan fingerprint density at radius 1 is 1.06 bits per heavy atom. The first kappa shape index (κ1) is 33.6. The van der Waals surface area contributed by atoms with Crippen LogP contribution in [0.1, 0.15) is 73.6 Å². The number of pyridine rings is 1. The number of likely N-dealkylation sites (tertiary alicyclic amines) is 2. The molecule has 3 heterocycles. The summed E-state index contributed by atoms with van der Waals surface area (Å²) in [6.07, 6.45) is 9.75. The van der Waals surface area contributed by atoms with Crippen molar-refractivity contribution in [1.82, 2.24) is 25.4 Å². The summed E-state index contributed by atoms with van der Waals surface area (Å²) in [7, 11) is 4.36. The minimum atomic E-state index is -0.624. The maximum absolute atomic E-state index is 13.7. The number of amides is 3. The van der Waals surface area contributed by atoms with E-state index in [-0.39, 0.29) is 41.8 Å². The molecule has 3 atom stereocenters. The highest BCUT2D eigenvalue weighted by Crippen LogP contribution is 2.33. The number of hydrogen-bond acceptors (Lipinski definition) is 6. The highest BCUT2D eigenvalue weighted by molar-refractivity contribution is 5.97. The average molecular weight is 655 g/mol. The number of piperidine rings is 1. The van der Waals surface area contributed by atoms with Gasteiger partial charge >= 0.3 is 0 Å². The van der Waals surface area contributed by atoms with Gasteiger partial charge in [-0.05, 0) is 119 Å². The molecular weight excluding hydrogens is 607 g/mol. The number of benzene rings is 2. The lowest BCUT2D eigenvalue weighted by Crippen LogP contribution is -2.49. The lowest BCUT2D eigenvalue weighted by atomic mass is 9.97. The van der Waals surface area contributed by atoms with Gasteiger partial charge in [0.15, 0.2) is 0 Å². The largest absolute Gasteiger partial charge is 0.371 e. The minimum absolute atomic E-state index is 0.134. The molecule has 1 saturated carbocycles. The first-order valence-electron chi connectivity index (χ1n) is 17.2. The number of fused-ring (bicyclic) bond motifs is 1. The van der Waals surface area contributed by atoms with E-state index in [1.54, 1.807) is 11.0 Å². The van der Waals surface area contributed by atoms with Gasteiger partial charge in [0.25, 0.3) is 5.91 Å². The molecule has 2 aromatic carbocycles. The van der Waals surface area contributed by atoms with E-state index in [0.717, 1.165) is 37.1 Å². The Morgan fingerprint density at radius 3 is 2.58 bits per heavy atom. The molecule has 3 amide bonds. The third-order valence-electron chi connectivity index (χ3n) is 10.1. The lowest BCUT2D eigenvalue weighted by molar-refractivity contribution is -0.138. The number of hydrogen-bond donors (Lipinski definition) is 2. The Labute approximate surface area is 282 Å². The number of allylic oxidation sites excluding steroid dienone is 1. The van der Waals surface area contributed by atoms with E-state index >= 15 is 0 Å². The van der Waals surface area contributed by atoms with Gasteiger partial charge in [-0.3, -0.25) is 14.4 Å². The summed E-state index contributed by atoms with van der Waals surface area (Å²) in [4.78, 5) is 50.6. The average Bonchev–Trinajstić information content (AvgIpc) is 3.83. The standard InChI is InChI=1S/C38H47FN6O3/c1-24-19-35(45(23-24)36(46)22-40-37(47)34-13-9-28-20-29(39)10-14-33(28)42-34)38(48)41-25(2)32-12-11-31(21-27(32)8-7-26-5-6-26)44(4)30-15-17-43(3)18-16-30/h7-14,20-21,24-26,30,35H,5-6,15-19,22-23H2,1-4H3,(H,40,47)(H,41,48)/b8-7+/t24-,25+,35?/m1/s1. The van der Waals surface area contributed by atoms with Crippen molar-refractivity contribution in [2.45, 2.75) is 64.1 Å². The predicted octanol–water partition coefficient (Wildman–Crippen LogP) is 5.17. The molecule has 0 radical (unpaired) electrons. The highest BCUT2D eigenvalue weighted by atomic mass is 19.1. The van der Waals surface area contributed by atoms with Crippen LogP contribution in [0.4, 0.5) is 10.1 Å². The third kappa shape index (κ3) is 7.86. The van der Waals surface area contributed by atoms with Gasteiger partial charge in [-0.25, -0.2) is 9.37 Å². The van der Waals surface area contributed by atoms with E-state index < -0.39 is 11.9 Å². The van der Waals surface area contributed by atoms with Crippen molar-refractivity contribution < 1.29 is 18.8 Å². The predicted molar refractivity (Wildman–Crippen MR) is 187 cm³/mol. The van der Waals surface area contributed by atoms with Crippen LogP contribution in [-0.2, 0) is 9.59 Å². The zero-order valence-electron chi connectivity index (χ0n) is 28.4. The maximum Gasteiger partial charge on any atom is 0.270 e. The zero-order valence-corrected chi connectivity index (χ0v) is 28.4. The molecular formula is C38H47FN6O3. The Kier molecular flexibility index (Phi) is 10.1. The molecule has 48 heavy (non-hydrogen) atoms. The number of carbonyl (C=O) groups excluding carboxylic acids is 3. The SMILES string of the molecule is C[C@@H]1CC(C(=O)N[C@@H](C)c2ccc(N(C)C3CCN(C)CC3)cc2/C=C/C2CC2)N(C(=O)CNC(=O)c2ccc3cc(F)ccc3n2)C1. The molecule has 1 aliphatic carbocycles. The minimum Gasteiger partial charge on any atom is -0.371 e. The molecule has 2 aliphatic heterocycles. The van der Waals surface area contributed by atoms with Crippen LogP contribution in [0.5, 0.6) is 0 Å². The Morgan fingerprint density at radius 2 is 1.83 bits per heavy atom. The number of nitrogens with one attached hydrogen (secondary N) is 2. The van der Waals surface area contributed by atoms with Crippen molar-refractivity contribution in [2.24, 2.45) is 11.8 Å². The van der Waals surface area contributed by atoms with Crippen LogP contribution in [0.3, 0.4) is 0 Å². The third-order valence-corrected chi connectivity index (χ3v) is 10.1. The summed E-state index contributed by atoms with van der Waals surface area (Å²) in [5, 5.41) is 6.44. The molecule has 2 N–H and O–H groups in total. The van der Waals surface area contributed by atoms with Crippen LogP contribution in [0, 0.1) is 17.7 Å². The van der Waals surface area contributed by atoms with Crippen molar-refractivity contribution in [3.8, 4) is 0 Å². The van der Waals surface area contributed by atoms with Crippen LogP contribution < -0.4 is 15.5 Å². The normalized spacial score (nSPS) is 21.1. The molecule has 6 rings (SSSR count). The molecule has 254 valence electrons. The lowest BCUT2D eigenvalue weighted by Gasteiger charge is -2.36. The van der Waals surface area contributed by atoms with Gasteiger partial charge in [0.1, 0.15) is 17.6 Å². The Bertz CT molecular complexity index is 1700. The quantitative estimate of drug-likeness (QED) is 0.313. The van der Waals surface area contributed by atoms with Crippen LogP contribution in [0.15, 0.2) is 54.6 Å². The molecule has 9 nitrogen and oxygen atoms in total. The van der Waals surface area contributed by atoms with Gasteiger partial charge in [-0.15, -0.1) is 0 Å². The number of rotatable bonds is 10. The molecule has 1 aromatic heterocycles. The monoisotopic (exact) mass is 654 g/mol. The summed E-state index contributed by atoms with van der Waals surface area (Å²) < 4.78 is 13.5. The molecule has 1 unspecified atom stereocenters. The van der Waals surface area contributed by atoms with Crippen molar-refractivity contribution in [3.05, 3.63) is 77.2 Å².